The summed E-state index contributed by atoms with van der Waals surface area (Å²) >= 11 is 0. The van der Waals surface area contributed by atoms with Crippen molar-refractivity contribution in [2.75, 3.05) is 0 Å². The molecule has 2 nitrogen and oxygen atoms in total. The molecule has 0 spiro atoms. The van der Waals surface area contributed by atoms with Crippen LogP contribution in [0.15, 0.2) is 48.5 Å². The monoisotopic (exact) mass is 296 g/mol. The number of hydrogen-bond acceptors (Lipinski definition) is 2. The smallest absolute Gasteiger partial charge is 0.118 e. The fourth-order valence-electron chi connectivity index (χ4n) is 1.62. The van der Waals surface area contributed by atoms with Crippen molar-refractivity contribution in [1.82, 2.24) is 0 Å². The number of phenolic OH excluding ortho intramolecular Hbond substituents is 2. The summed E-state index contributed by atoms with van der Waals surface area (Å²) in [5, 5.41) is 18.2. The molecule has 3 heteroatoms. The standard InChI is InChI=1S/2C8H10O.Cr/c2*1-2-7-5-3-4-6-8(7)9;/h2*3-6,9H,2H2,1H3;. The Hall–Kier alpha value is -1.43. The summed E-state index contributed by atoms with van der Waals surface area (Å²) in [7, 11) is 0. The molecule has 2 rings (SSSR count). The summed E-state index contributed by atoms with van der Waals surface area (Å²) in [6.07, 6.45) is 1.79. The van der Waals surface area contributed by atoms with Crippen LogP contribution in [0.5, 0.6) is 11.5 Å². The van der Waals surface area contributed by atoms with E-state index in [0.29, 0.717) is 11.5 Å². The summed E-state index contributed by atoms with van der Waals surface area (Å²) in [6.45, 7) is 4.05. The zero-order valence-electron chi connectivity index (χ0n) is 11.3. The molecule has 2 aromatic rings. The van der Waals surface area contributed by atoms with Gasteiger partial charge in [0.25, 0.3) is 0 Å². The second-order valence-corrected chi connectivity index (χ2v) is 3.96. The van der Waals surface area contributed by atoms with Crippen molar-refractivity contribution >= 4 is 0 Å². The van der Waals surface area contributed by atoms with Crippen LogP contribution in [0.1, 0.15) is 25.0 Å². The van der Waals surface area contributed by atoms with E-state index in [1.54, 1.807) is 12.1 Å². The Kier molecular flexibility index (Phi) is 8.78. The van der Waals surface area contributed by atoms with Gasteiger partial charge in [0.05, 0.1) is 0 Å². The van der Waals surface area contributed by atoms with Gasteiger partial charge in [-0.1, -0.05) is 50.2 Å². The third-order valence-corrected chi connectivity index (χ3v) is 2.75. The average molecular weight is 296 g/mol. The summed E-state index contributed by atoms with van der Waals surface area (Å²) < 4.78 is 0. The molecular formula is C16H20CrO2. The van der Waals surface area contributed by atoms with Crippen molar-refractivity contribution in [1.29, 1.82) is 0 Å². The van der Waals surface area contributed by atoms with Crippen LogP contribution in [-0.4, -0.2) is 10.2 Å². The van der Waals surface area contributed by atoms with E-state index in [1.165, 1.54) is 0 Å². The molecule has 0 aliphatic heterocycles. The maximum Gasteiger partial charge on any atom is 0.118 e. The summed E-state index contributed by atoms with van der Waals surface area (Å²) in [5.41, 5.74) is 2.02. The normalized spacial score (nSPS) is 8.95. The van der Waals surface area contributed by atoms with Gasteiger partial charge in [-0.05, 0) is 36.1 Å². The number of aryl methyl sites for hydroxylation is 2. The van der Waals surface area contributed by atoms with Crippen molar-refractivity contribution in [2.45, 2.75) is 26.7 Å². The molecule has 0 radical (unpaired) electrons. The number of phenols is 2. The van der Waals surface area contributed by atoms with E-state index in [4.69, 9.17) is 10.2 Å². The minimum atomic E-state index is 0. The van der Waals surface area contributed by atoms with Gasteiger partial charge >= 0.3 is 0 Å². The van der Waals surface area contributed by atoms with Crippen molar-refractivity contribution in [3.63, 3.8) is 0 Å². The van der Waals surface area contributed by atoms with Gasteiger partial charge in [0, 0.05) is 17.4 Å². The summed E-state index contributed by atoms with van der Waals surface area (Å²) in [6, 6.07) is 14.8. The number of para-hydroxylation sites is 2. The van der Waals surface area contributed by atoms with Crippen LogP contribution in [0.3, 0.4) is 0 Å². The Balaban J connectivity index is 0.000000324. The Labute approximate surface area is 125 Å². The van der Waals surface area contributed by atoms with Crippen LogP contribution < -0.4 is 0 Å². The molecule has 0 atom stereocenters. The first-order valence-corrected chi connectivity index (χ1v) is 6.22. The first-order chi connectivity index (χ1) is 8.69. The van der Waals surface area contributed by atoms with Crippen LogP contribution >= 0.6 is 0 Å². The van der Waals surface area contributed by atoms with Crippen molar-refractivity contribution in [2.24, 2.45) is 0 Å². The van der Waals surface area contributed by atoms with Crippen LogP contribution in [0, 0.1) is 0 Å². The molecule has 19 heavy (non-hydrogen) atoms. The predicted molar refractivity (Wildman–Crippen MR) is 75.0 cm³/mol. The zero-order chi connectivity index (χ0) is 13.4. The molecule has 0 aliphatic rings. The largest absolute Gasteiger partial charge is 0.508 e. The fraction of sp³-hybridized carbons (Fsp3) is 0.250. The second kappa shape index (κ2) is 9.50. The number of aromatic hydroxyl groups is 2. The minimum absolute atomic E-state index is 0. The molecule has 102 valence electrons. The molecular weight excluding hydrogens is 276 g/mol. The molecule has 2 aromatic carbocycles. The van der Waals surface area contributed by atoms with E-state index in [9.17, 15) is 0 Å². The molecule has 0 bridgehead atoms. The molecule has 2 N–H and O–H groups in total. The Morgan fingerprint density at radius 1 is 0.684 bits per heavy atom. The Morgan fingerprint density at radius 3 is 1.21 bits per heavy atom. The quantitative estimate of drug-likeness (QED) is 0.882. The van der Waals surface area contributed by atoms with E-state index in [-0.39, 0.29) is 17.4 Å². The van der Waals surface area contributed by atoms with Gasteiger partial charge < -0.3 is 10.2 Å². The SMILES string of the molecule is CCc1ccccc1O.CCc1ccccc1O.[Cr]. The van der Waals surface area contributed by atoms with Crippen LogP contribution in [0.25, 0.3) is 0 Å². The molecule has 0 heterocycles. The van der Waals surface area contributed by atoms with Gasteiger partial charge in [0.2, 0.25) is 0 Å². The van der Waals surface area contributed by atoms with E-state index in [2.05, 4.69) is 0 Å². The average Bonchev–Trinajstić information content (AvgIpc) is 2.41. The predicted octanol–water partition coefficient (Wildman–Crippen LogP) is 3.91. The molecule has 0 unspecified atom stereocenters. The fourth-order valence-corrected chi connectivity index (χ4v) is 1.62. The van der Waals surface area contributed by atoms with Gasteiger partial charge in [-0.25, -0.2) is 0 Å². The van der Waals surface area contributed by atoms with Crippen LogP contribution in [0.2, 0.25) is 0 Å². The maximum atomic E-state index is 9.11. The molecule has 0 saturated carbocycles. The summed E-state index contributed by atoms with van der Waals surface area (Å²) in [4.78, 5) is 0. The van der Waals surface area contributed by atoms with E-state index < -0.39 is 0 Å². The molecule has 0 fully saturated rings. The third kappa shape index (κ3) is 5.83. The van der Waals surface area contributed by atoms with Crippen molar-refractivity contribution in [3.05, 3.63) is 59.7 Å². The van der Waals surface area contributed by atoms with E-state index in [0.717, 1.165) is 24.0 Å². The maximum absolute atomic E-state index is 9.11. The van der Waals surface area contributed by atoms with Gasteiger partial charge in [0.15, 0.2) is 0 Å². The van der Waals surface area contributed by atoms with Gasteiger partial charge in [0.1, 0.15) is 11.5 Å². The first-order valence-electron chi connectivity index (χ1n) is 6.22. The third-order valence-electron chi connectivity index (χ3n) is 2.75. The Morgan fingerprint density at radius 2 is 1.00 bits per heavy atom. The minimum Gasteiger partial charge on any atom is -0.508 e. The van der Waals surface area contributed by atoms with Crippen molar-refractivity contribution < 1.29 is 27.6 Å². The van der Waals surface area contributed by atoms with E-state index in [1.807, 2.05) is 50.2 Å². The first kappa shape index (κ1) is 17.6. The molecule has 0 aromatic heterocycles. The zero-order valence-corrected chi connectivity index (χ0v) is 12.6. The van der Waals surface area contributed by atoms with Gasteiger partial charge in [-0.3, -0.25) is 0 Å². The van der Waals surface area contributed by atoms with Gasteiger partial charge in [-0.15, -0.1) is 0 Å². The van der Waals surface area contributed by atoms with Gasteiger partial charge in [-0.2, -0.15) is 0 Å². The summed E-state index contributed by atoms with van der Waals surface area (Å²) in [5.74, 6) is 0.806. The second-order valence-electron chi connectivity index (χ2n) is 3.96. The number of hydrogen-bond donors (Lipinski definition) is 2. The van der Waals surface area contributed by atoms with Crippen molar-refractivity contribution in [3.8, 4) is 11.5 Å². The van der Waals surface area contributed by atoms with E-state index >= 15 is 0 Å². The number of benzene rings is 2. The number of rotatable bonds is 2. The molecule has 0 amide bonds. The molecule has 0 saturated heterocycles. The van der Waals surface area contributed by atoms with Crippen LogP contribution in [0.4, 0.5) is 0 Å². The van der Waals surface area contributed by atoms with Crippen LogP contribution in [-0.2, 0) is 30.2 Å². The molecule has 0 aliphatic carbocycles. The Bertz CT molecular complexity index is 438. The topological polar surface area (TPSA) is 40.5 Å².